The van der Waals surface area contributed by atoms with Crippen molar-refractivity contribution in [1.82, 2.24) is 19.4 Å². The van der Waals surface area contributed by atoms with Gasteiger partial charge in [0.05, 0.1) is 28.8 Å². The van der Waals surface area contributed by atoms with E-state index in [0.717, 1.165) is 45.0 Å². The molecule has 0 aliphatic carbocycles. The molecule has 0 fully saturated rings. The molecule has 0 saturated carbocycles. The van der Waals surface area contributed by atoms with Gasteiger partial charge >= 0.3 is 0 Å². The topological polar surface area (TPSA) is 43.1 Å². The molecule has 5 aromatic rings. The van der Waals surface area contributed by atoms with Crippen molar-refractivity contribution in [3.05, 3.63) is 71.9 Å². The zero-order chi connectivity index (χ0) is 17.8. The number of aryl methyl sites for hydroxylation is 3. The molecule has 5 rings (SSSR count). The third-order valence-corrected chi connectivity index (χ3v) is 5.00. The lowest BCUT2D eigenvalue weighted by atomic mass is 10.0. The Morgan fingerprint density at radius 1 is 0.731 bits per heavy atom. The molecule has 0 saturated heterocycles. The zero-order valence-electron chi connectivity index (χ0n) is 15.0. The predicted molar refractivity (Wildman–Crippen MR) is 105 cm³/mol. The molecule has 0 aliphatic heterocycles. The zero-order valence-corrected chi connectivity index (χ0v) is 15.0. The molecule has 0 bridgehead atoms. The molecule has 0 spiro atoms. The summed E-state index contributed by atoms with van der Waals surface area (Å²) in [5, 5.41) is 3.60. The van der Waals surface area contributed by atoms with Gasteiger partial charge in [-0.3, -0.25) is 4.40 Å². The molecule has 0 aliphatic rings. The van der Waals surface area contributed by atoms with Crippen molar-refractivity contribution in [1.29, 1.82) is 0 Å². The summed E-state index contributed by atoms with van der Waals surface area (Å²) in [5.41, 5.74) is 6.17. The Morgan fingerprint density at radius 2 is 1.35 bits per heavy atom. The highest BCUT2D eigenvalue weighted by molar-refractivity contribution is 6.12. The van der Waals surface area contributed by atoms with Gasteiger partial charge in [0.15, 0.2) is 0 Å². The van der Waals surface area contributed by atoms with Crippen LogP contribution >= 0.6 is 0 Å². The van der Waals surface area contributed by atoms with Crippen LogP contribution in [0, 0.1) is 20.8 Å². The predicted octanol–water partition coefficient (Wildman–Crippen LogP) is 5.02. The molecule has 3 heterocycles. The van der Waals surface area contributed by atoms with E-state index in [4.69, 9.17) is 4.98 Å². The van der Waals surface area contributed by atoms with Crippen LogP contribution in [0.15, 0.2) is 54.7 Å². The quantitative estimate of drug-likeness (QED) is 0.403. The second-order valence-corrected chi connectivity index (χ2v) is 6.68. The monoisotopic (exact) mass is 338 g/mol. The summed E-state index contributed by atoms with van der Waals surface area (Å²) in [7, 11) is 0. The lowest BCUT2D eigenvalue weighted by Crippen LogP contribution is -2.01. The Kier molecular flexibility index (Phi) is 3.10. The maximum atomic E-state index is 4.79. The molecule has 126 valence electrons. The summed E-state index contributed by atoms with van der Waals surface area (Å²) in [6.45, 7) is 6.01. The fraction of sp³-hybridized carbons (Fsp3) is 0.136. The van der Waals surface area contributed by atoms with E-state index in [9.17, 15) is 0 Å². The van der Waals surface area contributed by atoms with E-state index in [0.29, 0.717) is 0 Å². The smallest absolute Gasteiger partial charge is 0.145 e. The van der Waals surface area contributed by atoms with E-state index in [1.807, 2.05) is 27.0 Å². The average molecular weight is 338 g/mol. The van der Waals surface area contributed by atoms with Crippen molar-refractivity contribution < 1.29 is 0 Å². The molecular weight excluding hydrogens is 320 g/mol. The van der Waals surface area contributed by atoms with Gasteiger partial charge in [0, 0.05) is 16.3 Å². The van der Waals surface area contributed by atoms with Crippen molar-refractivity contribution in [3.8, 4) is 11.3 Å². The Bertz CT molecular complexity index is 1290. The molecule has 4 nitrogen and oxygen atoms in total. The van der Waals surface area contributed by atoms with Gasteiger partial charge in [0.1, 0.15) is 11.5 Å². The molecule has 2 aromatic carbocycles. The normalized spacial score (nSPS) is 11.7. The Balaban J connectivity index is 2.02. The van der Waals surface area contributed by atoms with Crippen molar-refractivity contribution in [2.75, 3.05) is 0 Å². The molecule has 0 atom stereocenters. The van der Waals surface area contributed by atoms with Crippen LogP contribution in [0.3, 0.4) is 0 Å². The standard InChI is InChI=1S/C22H18N4/c1-13-21(14(2)25-15(3)24-13)20-12-23-22-18-10-5-4-8-16(18)17-9-6-7-11-19(17)26(20)22/h4-12H,1-3H3. The minimum atomic E-state index is 0.799. The molecule has 0 amide bonds. The van der Waals surface area contributed by atoms with Gasteiger partial charge in [-0.15, -0.1) is 0 Å². The highest BCUT2D eigenvalue weighted by Gasteiger charge is 2.17. The van der Waals surface area contributed by atoms with E-state index in [1.54, 1.807) is 0 Å². The Morgan fingerprint density at radius 3 is 2.08 bits per heavy atom. The first kappa shape index (κ1) is 15.0. The molecule has 26 heavy (non-hydrogen) atoms. The fourth-order valence-electron chi connectivity index (χ4n) is 4.03. The van der Waals surface area contributed by atoms with Crippen molar-refractivity contribution in [3.63, 3.8) is 0 Å². The molecule has 0 radical (unpaired) electrons. The Hall–Kier alpha value is -3.27. The van der Waals surface area contributed by atoms with E-state index >= 15 is 0 Å². The number of para-hydroxylation sites is 1. The lowest BCUT2D eigenvalue weighted by molar-refractivity contribution is 0.976. The maximum Gasteiger partial charge on any atom is 0.145 e. The van der Waals surface area contributed by atoms with E-state index in [2.05, 4.69) is 62.9 Å². The first-order chi connectivity index (χ1) is 12.6. The van der Waals surface area contributed by atoms with Crippen LogP contribution in [0.4, 0.5) is 0 Å². The second kappa shape index (κ2) is 5.36. The van der Waals surface area contributed by atoms with Gasteiger partial charge in [0.25, 0.3) is 0 Å². The molecule has 4 heteroatoms. The number of benzene rings is 2. The molecule has 0 unspecified atom stereocenters. The van der Waals surface area contributed by atoms with Crippen LogP contribution in [0.5, 0.6) is 0 Å². The minimum Gasteiger partial charge on any atom is -0.292 e. The average Bonchev–Trinajstić information content (AvgIpc) is 3.06. The number of rotatable bonds is 1. The third-order valence-electron chi connectivity index (χ3n) is 5.00. The van der Waals surface area contributed by atoms with E-state index < -0.39 is 0 Å². The molecular formula is C22H18N4. The number of imidazole rings is 1. The summed E-state index contributed by atoms with van der Waals surface area (Å²) < 4.78 is 2.24. The van der Waals surface area contributed by atoms with Crippen LogP contribution < -0.4 is 0 Å². The SMILES string of the molecule is Cc1nc(C)c(-c2cnc3c4ccccc4c4ccccc4n23)c(C)n1. The summed E-state index contributed by atoms with van der Waals surface area (Å²) in [5.74, 6) is 0.799. The highest BCUT2D eigenvalue weighted by atomic mass is 15.0. The third kappa shape index (κ3) is 1.99. The summed E-state index contributed by atoms with van der Waals surface area (Å²) in [6.07, 6.45) is 1.95. The van der Waals surface area contributed by atoms with Gasteiger partial charge in [-0.2, -0.15) is 0 Å². The largest absolute Gasteiger partial charge is 0.292 e. The first-order valence-corrected chi connectivity index (χ1v) is 8.74. The number of hydrogen-bond acceptors (Lipinski definition) is 3. The van der Waals surface area contributed by atoms with Gasteiger partial charge in [0.2, 0.25) is 0 Å². The summed E-state index contributed by atoms with van der Waals surface area (Å²) in [4.78, 5) is 14.0. The van der Waals surface area contributed by atoms with Gasteiger partial charge in [-0.25, -0.2) is 15.0 Å². The van der Waals surface area contributed by atoms with Crippen LogP contribution in [0.2, 0.25) is 0 Å². The van der Waals surface area contributed by atoms with Crippen molar-refractivity contribution >= 4 is 27.3 Å². The number of hydrogen-bond donors (Lipinski definition) is 0. The van der Waals surface area contributed by atoms with Gasteiger partial charge in [-0.05, 0) is 32.2 Å². The van der Waals surface area contributed by atoms with Crippen LogP contribution in [-0.4, -0.2) is 19.4 Å². The summed E-state index contributed by atoms with van der Waals surface area (Å²) in [6, 6.07) is 16.9. The number of nitrogens with zero attached hydrogens (tertiary/aromatic N) is 4. The Labute approximate surface area is 151 Å². The fourth-order valence-corrected chi connectivity index (χ4v) is 4.03. The number of aromatic nitrogens is 4. The van der Waals surface area contributed by atoms with Crippen molar-refractivity contribution in [2.45, 2.75) is 20.8 Å². The van der Waals surface area contributed by atoms with E-state index in [-0.39, 0.29) is 0 Å². The van der Waals surface area contributed by atoms with Gasteiger partial charge < -0.3 is 0 Å². The second-order valence-electron chi connectivity index (χ2n) is 6.68. The van der Waals surface area contributed by atoms with Crippen LogP contribution in [0.1, 0.15) is 17.2 Å². The molecule has 3 aromatic heterocycles. The highest BCUT2D eigenvalue weighted by Crippen LogP contribution is 2.34. The van der Waals surface area contributed by atoms with Crippen molar-refractivity contribution in [2.24, 2.45) is 0 Å². The van der Waals surface area contributed by atoms with Gasteiger partial charge in [-0.1, -0.05) is 42.5 Å². The summed E-state index contributed by atoms with van der Waals surface area (Å²) >= 11 is 0. The van der Waals surface area contributed by atoms with E-state index in [1.165, 1.54) is 10.8 Å². The minimum absolute atomic E-state index is 0.799. The number of pyridine rings is 1. The maximum absolute atomic E-state index is 4.79. The number of fused-ring (bicyclic) bond motifs is 6. The first-order valence-electron chi connectivity index (χ1n) is 8.74. The lowest BCUT2D eigenvalue weighted by Gasteiger charge is -2.13. The molecule has 0 N–H and O–H groups in total. The van der Waals surface area contributed by atoms with Crippen LogP contribution in [-0.2, 0) is 0 Å². The van der Waals surface area contributed by atoms with Crippen LogP contribution in [0.25, 0.3) is 38.6 Å².